The molecule has 2 atom stereocenters. The Morgan fingerprint density at radius 1 is 1.38 bits per heavy atom. The van der Waals surface area contributed by atoms with Crippen molar-refractivity contribution < 1.29 is 24.9 Å². The van der Waals surface area contributed by atoms with Gasteiger partial charge in [-0.1, -0.05) is 12.1 Å². The minimum absolute atomic E-state index is 0.253. The summed E-state index contributed by atoms with van der Waals surface area (Å²) in [6.45, 7) is 1.84. The molecule has 88 valence electrons. The third-order valence-electron chi connectivity index (χ3n) is 2.26. The Balaban J connectivity index is 3.07. The molecule has 3 N–H and O–H groups in total. The molecule has 0 heterocycles. The number of benzene rings is 1. The number of hydrogen-bond donors (Lipinski definition) is 3. The van der Waals surface area contributed by atoms with Gasteiger partial charge in [-0.15, -0.1) is 0 Å². The van der Waals surface area contributed by atoms with Gasteiger partial charge in [0.15, 0.2) is 6.10 Å². The Morgan fingerprint density at radius 3 is 2.50 bits per heavy atom. The van der Waals surface area contributed by atoms with E-state index in [4.69, 9.17) is 9.84 Å². The predicted octanol–water partition coefficient (Wildman–Crippen LogP) is 0.483. The second-order valence-electron chi connectivity index (χ2n) is 3.47. The Kier molecular flexibility index (Phi) is 3.87. The minimum Gasteiger partial charge on any atom is -0.496 e. The molecular formula is C11H14O5. The van der Waals surface area contributed by atoms with Crippen LogP contribution in [0, 0.1) is 6.92 Å². The molecule has 16 heavy (non-hydrogen) atoms. The number of hydrogen-bond acceptors (Lipinski definition) is 4. The van der Waals surface area contributed by atoms with Crippen LogP contribution < -0.4 is 4.74 Å². The molecule has 0 radical (unpaired) electrons. The van der Waals surface area contributed by atoms with E-state index in [1.54, 1.807) is 12.1 Å². The van der Waals surface area contributed by atoms with Crippen LogP contribution in [0.2, 0.25) is 0 Å². The molecule has 1 rings (SSSR count). The number of carboxylic acid groups (broad SMARTS) is 1. The molecule has 0 aliphatic heterocycles. The summed E-state index contributed by atoms with van der Waals surface area (Å²) in [4.78, 5) is 10.5. The van der Waals surface area contributed by atoms with E-state index in [1.807, 2.05) is 6.92 Å². The highest BCUT2D eigenvalue weighted by Gasteiger charge is 2.27. The number of aryl methyl sites for hydroxylation is 1. The molecule has 0 aliphatic rings. The summed E-state index contributed by atoms with van der Waals surface area (Å²) in [5.41, 5.74) is 1.17. The maximum Gasteiger partial charge on any atom is 0.335 e. The summed E-state index contributed by atoms with van der Waals surface area (Å²) in [5, 5.41) is 27.5. The van der Waals surface area contributed by atoms with Crippen molar-refractivity contribution in [3.8, 4) is 5.75 Å². The molecule has 0 saturated heterocycles. The maximum atomic E-state index is 10.5. The predicted molar refractivity (Wildman–Crippen MR) is 56.3 cm³/mol. The van der Waals surface area contributed by atoms with Crippen LogP contribution >= 0.6 is 0 Å². The summed E-state index contributed by atoms with van der Waals surface area (Å²) in [5.74, 6) is -1.12. The van der Waals surface area contributed by atoms with Crippen LogP contribution in [0.3, 0.4) is 0 Å². The van der Waals surface area contributed by atoms with Gasteiger partial charge >= 0.3 is 5.97 Å². The van der Waals surface area contributed by atoms with Crippen LogP contribution in [0.25, 0.3) is 0 Å². The molecule has 0 aliphatic carbocycles. The zero-order valence-electron chi connectivity index (χ0n) is 9.04. The van der Waals surface area contributed by atoms with Crippen molar-refractivity contribution >= 4 is 5.97 Å². The number of carbonyl (C=O) groups is 1. The van der Waals surface area contributed by atoms with Crippen LogP contribution in [0.4, 0.5) is 0 Å². The van der Waals surface area contributed by atoms with Gasteiger partial charge in [0.2, 0.25) is 0 Å². The Labute approximate surface area is 92.9 Å². The van der Waals surface area contributed by atoms with E-state index in [0.29, 0.717) is 5.75 Å². The zero-order valence-corrected chi connectivity index (χ0v) is 9.04. The van der Waals surface area contributed by atoms with Crippen molar-refractivity contribution in [2.75, 3.05) is 7.11 Å². The van der Waals surface area contributed by atoms with Gasteiger partial charge in [0.05, 0.1) is 7.11 Å². The third-order valence-corrected chi connectivity index (χ3v) is 2.26. The minimum atomic E-state index is -1.86. The van der Waals surface area contributed by atoms with Gasteiger partial charge in [0.25, 0.3) is 0 Å². The van der Waals surface area contributed by atoms with Gasteiger partial charge in [0, 0.05) is 5.56 Å². The number of methoxy groups -OCH3 is 1. The van der Waals surface area contributed by atoms with Crippen LogP contribution in [-0.2, 0) is 4.79 Å². The largest absolute Gasteiger partial charge is 0.496 e. The van der Waals surface area contributed by atoms with Gasteiger partial charge < -0.3 is 20.1 Å². The van der Waals surface area contributed by atoms with E-state index in [2.05, 4.69) is 0 Å². The molecule has 0 saturated carbocycles. The molecular weight excluding hydrogens is 212 g/mol. The molecule has 0 aromatic heterocycles. The SMILES string of the molecule is COc1cc(C)ccc1C(O)C(O)C(=O)O. The van der Waals surface area contributed by atoms with Crippen molar-refractivity contribution in [2.45, 2.75) is 19.1 Å². The van der Waals surface area contributed by atoms with Crippen molar-refractivity contribution in [3.05, 3.63) is 29.3 Å². The second kappa shape index (κ2) is 4.96. The number of rotatable bonds is 4. The first-order chi connectivity index (χ1) is 7.47. The Bertz CT molecular complexity index is 388. The normalized spacial score (nSPS) is 14.2. The highest BCUT2D eigenvalue weighted by atomic mass is 16.5. The Hall–Kier alpha value is -1.59. The average molecular weight is 226 g/mol. The lowest BCUT2D eigenvalue weighted by Crippen LogP contribution is -2.27. The third kappa shape index (κ3) is 2.50. The fourth-order valence-corrected chi connectivity index (χ4v) is 1.37. The molecule has 0 bridgehead atoms. The summed E-state index contributed by atoms with van der Waals surface area (Å²) in [6.07, 6.45) is -3.37. The molecule has 1 aromatic rings. The van der Waals surface area contributed by atoms with Crippen LogP contribution in [-0.4, -0.2) is 34.5 Å². The lowest BCUT2D eigenvalue weighted by molar-refractivity contribution is -0.153. The van der Waals surface area contributed by atoms with E-state index in [9.17, 15) is 15.0 Å². The van der Waals surface area contributed by atoms with E-state index in [-0.39, 0.29) is 5.56 Å². The van der Waals surface area contributed by atoms with Crippen molar-refractivity contribution in [2.24, 2.45) is 0 Å². The smallest absolute Gasteiger partial charge is 0.335 e. The first-order valence-electron chi connectivity index (χ1n) is 4.71. The van der Waals surface area contributed by atoms with Crippen molar-refractivity contribution in [1.29, 1.82) is 0 Å². The van der Waals surface area contributed by atoms with Gasteiger partial charge in [0.1, 0.15) is 11.9 Å². The number of aliphatic hydroxyl groups is 2. The first-order valence-corrected chi connectivity index (χ1v) is 4.71. The molecule has 1 aromatic carbocycles. The van der Waals surface area contributed by atoms with E-state index < -0.39 is 18.2 Å². The van der Waals surface area contributed by atoms with Crippen molar-refractivity contribution in [1.82, 2.24) is 0 Å². The Morgan fingerprint density at radius 2 is 2.00 bits per heavy atom. The highest BCUT2D eigenvalue weighted by molar-refractivity contribution is 5.73. The average Bonchev–Trinajstić information content (AvgIpc) is 2.26. The number of ether oxygens (including phenoxy) is 1. The molecule has 5 nitrogen and oxygen atoms in total. The summed E-state index contributed by atoms with van der Waals surface area (Å²) in [6, 6.07) is 4.90. The van der Waals surface area contributed by atoms with Gasteiger partial charge in [-0.2, -0.15) is 0 Å². The standard InChI is InChI=1S/C11H14O5/c1-6-3-4-7(8(5-6)16-2)9(12)10(13)11(14)15/h3-5,9-10,12-13H,1-2H3,(H,14,15). The zero-order chi connectivity index (χ0) is 12.3. The summed E-state index contributed by atoms with van der Waals surface area (Å²) in [7, 11) is 1.41. The highest BCUT2D eigenvalue weighted by Crippen LogP contribution is 2.28. The van der Waals surface area contributed by atoms with Gasteiger partial charge in [-0.3, -0.25) is 0 Å². The fraction of sp³-hybridized carbons (Fsp3) is 0.364. The number of aliphatic carboxylic acids is 1. The molecule has 0 spiro atoms. The van der Waals surface area contributed by atoms with Gasteiger partial charge in [-0.25, -0.2) is 4.79 Å². The second-order valence-corrected chi connectivity index (χ2v) is 3.47. The van der Waals surface area contributed by atoms with E-state index in [0.717, 1.165) is 5.56 Å². The summed E-state index contributed by atoms with van der Waals surface area (Å²) < 4.78 is 5.01. The molecule has 0 amide bonds. The molecule has 0 fully saturated rings. The maximum absolute atomic E-state index is 10.5. The lowest BCUT2D eigenvalue weighted by atomic mass is 10.0. The topological polar surface area (TPSA) is 87.0 Å². The van der Waals surface area contributed by atoms with Crippen molar-refractivity contribution in [3.63, 3.8) is 0 Å². The quantitative estimate of drug-likeness (QED) is 0.695. The van der Waals surface area contributed by atoms with Gasteiger partial charge in [-0.05, 0) is 18.6 Å². The van der Waals surface area contributed by atoms with Crippen LogP contribution in [0.15, 0.2) is 18.2 Å². The molecule has 5 heteroatoms. The van der Waals surface area contributed by atoms with Crippen LogP contribution in [0.5, 0.6) is 5.75 Å². The lowest BCUT2D eigenvalue weighted by Gasteiger charge is -2.17. The summed E-state index contributed by atoms with van der Waals surface area (Å²) >= 11 is 0. The van der Waals surface area contributed by atoms with Crippen LogP contribution in [0.1, 0.15) is 17.2 Å². The van der Waals surface area contributed by atoms with E-state index >= 15 is 0 Å². The van der Waals surface area contributed by atoms with E-state index in [1.165, 1.54) is 13.2 Å². The number of carboxylic acids is 1. The monoisotopic (exact) mass is 226 g/mol. The fourth-order valence-electron chi connectivity index (χ4n) is 1.37. The molecule has 2 unspecified atom stereocenters. The number of aliphatic hydroxyl groups excluding tert-OH is 2. The first kappa shape index (κ1) is 12.5.